The van der Waals surface area contributed by atoms with Crippen LogP contribution >= 0.6 is 15.9 Å². The molecule has 0 saturated heterocycles. The highest BCUT2D eigenvalue weighted by molar-refractivity contribution is 9.10. The lowest BCUT2D eigenvalue weighted by atomic mass is 9.80. The Kier molecular flexibility index (Phi) is 5.10. The number of ether oxygens (including phenoxy) is 1. The Balaban J connectivity index is 2.22. The number of H-pyrrole nitrogens is 1. The fraction of sp³-hybridized carbons (Fsp3) is 0.294. The molecule has 9 heteroatoms. The van der Waals surface area contributed by atoms with Gasteiger partial charge in [0, 0.05) is 24.2 Å². The molecule has 0 aliphatic carbocycles. The van der Waals surface area contributed by atoms with Gasteiger partial charge in [0.05, 0.1) is 0 Å². The molecular weight excluding hydrogens is 408 g/mol. The molecular formula is C17H16BrF2N5O. The van der Waals surface area contributed by atoms with Gasteiger partial charge in [0.2, 0.25) is 0 Å². The predicted molar refractivity (Wildman–Crippen MR) is 93.6 cm³/mol. The summed E-state index contributed by atoms with van der Waals surface area (Å²) in [5.74, 6) is -3.27. The molecule has 1 aromatic carbocycles. The van der Waals surface area contributed by atoms with E-state index in [4.69, 9.17) is 4.74 Å². The van der Waals surface area contributed by atoms with Gasteiger partial charge in [-0.05, 0) is 56.5 Å². The van der Waals surface area contributed by atoms with Gasteiger partial charge in [0.1, 0.15) is 5.69 Å². The van der Waals surface area contributed by atoms with Crippen LogP contribution in [0.5, 0.6) is 0 Å². The first-order valence-electron chi connectivity index (χ1n) is 7.74. The lowest BCUT2D eigenvalue weighted by Crippen LogP contribution is -2.48. The molecule has 1 unspecified atom stereocenters. The molecule has 0 saturated carbocycles. The van der Waals surface area contributed by atoms with Crippen LogP contribution in [0.2, 0.25) is 0 Å². The lowest BCUT2D eigenvalue weighted by molar-refractivity contribution is -0.214. The quantitative estimate of drug-likeness (QED) is 0.655. The van der Waals surface area contributed by atoms with Crippen LogP contribution in [-0.2, 0) is 22.7 Å². The number of benzene rings is 1. The first-order chi connectivity index (χ1) is 12.4. The van der Waals surface area contributed by atoms with Crippen molar-refractivity contribution in [3.63, 3.8) is 0 Å². The van der Waals surface area contributed by atoms with Crippen molar-refractivity contribution in [3.05, 3.63) is 69.7 Å². The summed E-state index contributed by atoms with van der Waals surface area (Å²) in [7, 11) is 1.25. The summed E-state index contributed by atoms with van der Waals surface area (Å²) in [5.41, 5.74) is -1.44. The van der Waals surface area contributed by atoms with Crippen molar-refractivity contribution in [1.29, 1.82) is 0 Å². The number of aromatic nitrogens is 5. The number of pyridine rings is 1. The zero-order valence-electron chi connectivity index (χ0n) is 14.1. The van der Waals surface area contributed by atoms with E-state index in [2.05, 4.69) is 41.5 Å². The molecule has 0 aliphatic heterocycles. The van der Waals surface area contributed by atoms with Crippen LogP contribution in [-0.4, -0.2) is 32.7 Å². The van der Waals surface area contributed by atoms with Crippen molar-refractivity contribution in [2.75, 3.05) is 7.11 Å². The van der Waals surface area contributed by atoms with Gasteiger partial charge in [-0.15, -0.1) is 5.10 Å². The second-order valence-corrected chi connectivity index (χ2v) is 6.72. The molecule has 2 aromatic heterocycles. The number of aromatic amines is 1. The molecule has 26 heavy (non-hydrogen) atoms. The smallest absolute Gasteiger partial charge is 0.322 e. The molecule has 6 nitrogen and oxygen atoms in total. The summed E-state index contributed by atoms with van der Waals surface area (Å²) in [4.78, 5) is 3.91. The first-order valence-corrected chi connectivity index (χ1v) is 8.54. The highest BCUT2D eigenvalue weighted by Gasteiger charge is 2.58. The maximum absolute atomic E-state index is 15.8. The number of hydrogen-bond donors (Lipinski definition) is 1. The second-order valence-electron chi connectivity index (χ2n) is 5.81. The van der Waals surface area contributed by atoms with Crippen LogP contribution in [0.25, 0.3) is 0 Å². The number of nitrogens with zero attached hydrogens (tertiary/aromatic N) is 4. The minimum Gasteiger partial charge on any atom is -0.366 e. The molecule has 0 fully saturated rings. The van der Waals surface area contributed by atoms with Gasteiger partial charge in [-0.25, -0.2) is 5.10 Å². The molecule has 1 N–H and O–H groups in total. The van der Waals surface area contributed by atoms with E-state index in [0.717, 1.165) is 0 Å². The number of rotatable bonds is 6. The molecule has 2 heterocycles. The van der Waals surface area contributed by atoms with E-state index < -0.39 is 17.2 Å². The van der Waals surface area contributed by atoms with Gasteiger partial charge < -0.3 is 4.74 Å². The largest absolute Gasteiger partial charge is 0.366 e. The zero-order chi connectivity index (χ0) is 18.8. The molecule has 0 bridgehead atoms. The Hall–Kier alpha value is -2.26. The standard InChI is InChI=1S/C17H16BrF2N5O/c1-11-5-3-4-6-13(11)16(26-2,9-15-22-24-25-23-15)17(19,20)14-8-7-12(18)10-21-14/h3-8,10H,9H2,1-2H3,(H,22,23,24,25). The molecule has 3 aromatic rings. The van der Waals surface area contributed by atoms with Gasteiger partial charge in [-0.1, -0.05) is 24.3 Å². The average Bonchev–Trinajstić information content (AvgIpc) is 3.13. The summed E-state index contributed by atoms with van der Waals surface area (Å²) < 4.78 is 37.7. The Morgan fingerprint density at radius 2 is 1.96 bits per heavy atom. The predicted octanol–water partition coefficient (Wildman–Crippen LogP) is 3.54. The molecule has 0 spiro atoms. The molecule has 0 amide bonds. The maximum Gasteiger partial charge on any atom is 0.322 e. The Labute approximate surface area is 157 Å². The third kappa shape index (κ3) is 3.12. The Bertz CT molecular complexity index is 873. The summed E-state index contributed by atoms with van der Waals surface area (Å²) in [6, 6.07) is 9.65. The SMILES string of the molecule is COC(Cc1nnn[nH]1)(c1ccccc1C)C(F)(F)c1ccc(Br)cn1. The number of alkyl halides is 2. The third-order valence-corrected chi connectivity index (χ3v) is 4.76. The Morgan fingerprint density at radius 1 is 1.19 bits per heavy atom. The number of halogens is 3. The van der Waals surface area contributed by atoms with Gasteiger partial charge in [0.25, 0.3) is 0 Å². The third-order valence-electron chi connectivity index (χ3n) is 4.29. The van der Waals surface area contributed by atoms with E-state index in [-0.39, 0.29) is 12.2 Å². The Morgan fingerprint density at radius 3 is 2.54 bits per heavy atom. The normalized spacial score (nSPS) is 14.2. The minimum absolute atomic E-state index is 0.187. The van der Waals surface area contributed by atoms with Gasteiger partial charge >= 0.3 is 5.92 Å². The van der Waals surface area contributed by atoms with Crippen LogP contribution in [0.15, 0.2) is 47.1 Å². The number of tetrazole rings is 1. The van der Waals surface area contributed by atoms with Crippen molar-refractivity contribution in [3.8, 4) is 0 Å². The van der Waals surface area contributed by atoms with E-state index in [1.165, 1.54) is 25.4 Å². The highest BCUT2D eigenvalue weighted by Crippen LogP contribution is 2.49. The lowest BCUT2D eigenvalue weighted by Gasteiger charge is -2.39. The topological polar surface area (TPSA) is 76.6 Å². The highest BCUT2D eigenvalue weighted by atomic mass is 79.9. The van der Waals surface area contributed by atoms with E-state index >= 15 is 8.78 Å². The summed E-state index contributed by atoms with van der Waals surface area (Å²) in [5, 5.41) is 13.3. The van der Waals surface area contributed by atoms with Gasteiger partial charge in [0.15, 0.2) is 11.4 Å². The second kappa shape index (κ2) is 7.16. The van der Waals surface area contributed by atoms with Crippen LogP contribution in [0.4, 0.5) is 8.78 Å². The fourth-order valence-corrected chi connectivity index (χ4v) is 3.20. The molecule has 0 aliphatic rings. The monoisotopic (exact) mass is 423 g/mol. The first kappa shape index (κ1) is 18.5. The molecule has 0 radical (unpaired) electrons. The van der Waals surface area contributed by atoms with Gasteiger partial charge in [-0.3, -0.25) is 4.98 Å². The van der Waals surface area contributed by atoms with Crippen LogP contribution < -0.4 is 0 Å². The van der Waals surface area contributed by atoms with Crippen molar-refractivity contribution < 1.29 is 13.5 Å². The number of methoxy groups -OCH3 is 1. The van der Waals surface area contributed by atoms with Crippen LogP contribution in [0.3, 0.4) is 0 Å². The zero-order valence-corrected chi connectivity index (χ0v) is 15.7. The van der Waals surface area contributed by atoms with E-state index in [1.54, 1.807) is 31.2 Å². The average molecular weight is 424 g/mol. The van der Waals surface area contributed by atoms with Gasteiger partial charge in [-0.2, -0.15) is 8.78 Å². The maximum atomic E-state index is 15.8. The van der Waals surface area contributed by atoms with Crippen molar-refractivity contribution in [2.24, 2.45) is 0 Å². The summed E-state index contributed by atoms with van der Waals surface area (Å²) >= 11 is 3.21. The van der Waals surface area contributed by atoms with E-state index in [9.17, 15) is 0 Å². The summed E-state index contributed by atoms with van der Waals surface area (Å²) in [6.07, 6.45) is 1.07. The van der Waals surface area contributed by atoms with E-state index in [0.29, 0.717) is 15.6 Å². The minimum atomic E-state index is -3.46. The molecule has 3 rings (SSSR count). The van der Waals surface area contributed by atoms with E-state index in [1.807, 2.05) is 0 Å². The molecule has 1 atom stereocenters. The number of nitrogens with one attached hydrogen (secondary N) is 1. The number of aryl methyl sites for hydroxylation is 1. The van der Waals surface area contributed by atoms with Crippen LogP contribution in [0.1, 0.15) is 22.6 Å². The van der Waals surface area contributed by atoms with Crippen molar-refractivity contribution in [1.82, 2.24) is 25.6 Å². The fourth-order valence-electron chi connectivity index (χ4n) is 2.97. The molecule has 136 valence electrons. The van der Waals surface area contributed by atoms with Crippen molar-refractivity contribution in [2.45, 2.75) is 24.9 Å². The number of hydrogen-bond acceptors (Lipinski definition) is 5. The van der Waals surface area contributed by atoms with Crippen LogP contribution in [0, 0.1) is 6.92 Å². The van der Waals surface area contributed by atoms with Crippen molar-refractivity contribution >= 4 is 15.9 Å². The summed E-state index contributed by atoms with van der Waals surface area (Å²) in [6.45, 7) is 1.76.